The first kappa shape index (κ1) is 15.2. The molecule has 0 saturated carbocycles. The van der Waals surface area contributed by atoms with Crippen LogP contribution in [-0.4, -0.2) is 25.7 Å². The van der Waals surface area contributed by atoms with E-state index in [1.807, 2.05) is 0 Å². The fourth-order valence-corrected chi connectivity index (χ4v) is 1.30. The first-order chi connectivity index (χ1) is 7.68. The monoisotopic (exact) mass is 227 g/mol. The number of hydrogen-bond donors (Lipinski definition) is 1. The maximum Gasteiger partial charge on any atom is 0.333 e. The minimum absolute atomic E-state index is 0.274. The number of unbranched alkanes of at least 4 members (excludes halogenated alkanes) is 3. The van der Waals surface area contributed by atoms with Gasteiger partial charge in [-0.2, -0.15) is 0 Å². The third-order valence-electron chi connectivity index (χ3n) is 2.26. The predicted molar refractivity (Wildman–Crippen MR) is 67.4 cm³/mol. The number of carbonyl (C=O) groups is 1. The molecule has 0 unspecified atom stereocenters. The van der Waals surface area contributed by atoms with Crippen LogP contribution in [0.1, 0.15) is 46.0 Å². The van der Waals surface area contributed by atoms with Gasteiger partial charge in [-0.1, -0.05) is 26.3 Å². The number of carbonyl (C=O) groups excluding carboxylic acids is 1. The highest BCUT2D eigenvalue weighted by atomic mass is 16.5. The van der Waals surface area contributed by atoms with E-state index >= 15 is 0 Å². The van der Waals surface area contributed by atoms with Crippen molar-refractivity contribution >= 4 is 5.97 Å². The average Bonchev–Trinajstić information content (AvgIpc) is 2.26. The van der Waals surface area contributed by atoms with E-state index in [2.05, 4.69) is 18.8 Å². The van der Waals surface area contributed by atoms with Crippen molar-refractivity contribution < 1.29 is 9.53 Å². The highest BCUT2D eigenvalue weighted by Gasteiger charge is 2.01. The second-order valence-corrected chi connectivity index (χ2v) is 4.08. The van der Waals surface area contributed by atoms with Gasteiger partial charge in [-0.15, -0.1) is 0 Å². The zero-order chi connectivity index (χ0) is 12.2. The van der Waals surface area contributed by atoms with Crippen LogP contribution in [0, 0.1) is 0 Å². The van der Waals surface area contributed by atoms with Crippen molar-refractivity contribution in [3.63, 3.8) is 0 Å². The van der Waals surface area contributed by atoms with Gasteiger partial charge in [0.2, 0.25) is 0 Å². The Morgan fingerprint density at radius 1 is 1.19 bits per heavy atom. The zero-order valence-corrected chi connectivity index (χ0v) is 10.7. The van der Waals surface area contributed by atoms with Crippen molar-refractivity contribution in [1.82, 2.24) is 5.32 Å². The summed E-state index contributed by atoms with van der Waals surface area (Å²) in [7, 11) is 0. The maximum atomic E-state index is 11.0. The average molecular weight is 227 g/mol. The number of rotatable bonds is 10. The summed E-state index contributed by atoms with van der Waals surface area (Å²) in [6.45, 7) is 10.1. The molecule has 3 nitrogen and oxygen atoms in total. The molecule has 0 aromatic heterocycles. The molecule has 0 saturated heterocycles. The fraction of sp³-hybridized carbons (Fsp3) is 0.769. The molecule has 0 heterocycles. The third kappa shape index (κ3) is 9.71. The second kappa shape index (κ2) is 10.7. The smallest absolute Gasteiger partial charge is 0.333 e. The van der Waals surface area contributed by atoms with Crippen LogP contribution >= 0.6 is 0 Å². The largest absolute Gasteiger partial charge is 0.462 e. The lowest BCUT2D eigenvalue weighted by atomic mass is 10.2. The van der Waals surface area contributed by atoms with E-state index in [1.54, 1.807) is 6.92 Å². The molecule has 0 rings (SSSR count). The molecule has 0 aliphatic carbocycles. The molecule has 0 fully saturated rings. The summed E-state index contributed by atoms with van der Waals surface area (Å²) >= 11 is 0. The summed E-state index contributed by atoms with van der Waals surface area (Å²) < 4.78 is 4.99. The lowest BCUT2D eigenvalue weighted by Gasteiger charge is -2.04. The molecule has 0 amide bonds. The van der Waals surface area contributed by atoms with Crippen molar-refractivity contribution in [3.8, 4) is 0 Å². The summed E-state index contributed by atoms with van der Waals surface area (Å²) in [6.07, 6.45) is 5.66. The van der Waals surface area contributed by atoms with Crippen molar-refractivity contribution in [2.75, 3.05) is 19.7 Å². The van der Waals surface area contributed by atoms with Crippen LogP contribution in [0.25, 0.3) is 0 Å². The Balaban J connectivity index is 3.10. The third-order valence-corrected chi connectivity index (χ3v) is 2.26. The highest BCUT2D eigenvalue weighted by molar-refractivity contribution is 5.86. The molecule has 0 atom stereocenters. The number of esters is 1. The van der Waals surface area contributed by atoms with Crippen LogP contribution in [0.15, 0.2) is 12.2 Å². The van der Waals surface area contributed by atoms with Crippen LogP contribution in [0.5, 0.6) is 0 Å². The minimum Gasteiger partial charge on any atom is -0.462 e. The van der Waals surface area contributed by atoms with E-state index < -0.39 is 0 Å². The molecule has 0 aromatic rings. The topological polar surface area (TPSA) is 38.3 Å². The van der Waals surface area contributed by atoms with Crippen molar-refractivity contribution in [3.05, 3.63) is 12.2 Å². The van der Waals surface area contributed by atoms with Crippen LogP contribution in [0.4, 0.5) is 0 Å². The lowest BCUT2D eigenvalue weighted by molar-refractivity contribution is -0.139. The fourth-order valence-electron chi connectivity index (χ4n) is 1.30. The lowest BCUT2D eigenvalue weighted by Crippen LogP contribution is -2.15. The summed E-state index contributed by atoms with van der Waals surface area (Å²) in [4.78, 5) is 11.0. The minimum atomic E-state index is -0.274. The van der Waals surface area contributed by atoms with E-state index in [0.29, 0.717) is 12.2 Å². The Labute approximate surface area is 99.3 Å². The Morgan fingerprint density at radius 2 is 1.88 bits per heavy atom. The van der Waals surface area contributed by atoms with E-state index in [1.165, 1.54) is 19.3 Å². The van der Waals surface area contributed by atoms with Crippen LogP contribution in [0.3, 0.4) is 0 Å². The molecule has 3 heteroatoms. The molecule has 0 spiro atoms. The summed E-state index contributed by atoms with van der Waals surface area (Å²) in [5, 5.41) is 3.36. The SMILES string of the molecule is C=C(C)C(=O)OCCCCCCNCCC. The number of ether oxygens (including phenoxy) is 1. The van der Waals surface area contributed by atoms with Crippen molar-refractivity contribution in [2.24, 2.45) is 0 Å². The maximum absolute atomic E-state index is 11.0. The van der Waals surface area contributed by atoms with Gasteiger partial charge in [0.25, 0.3) is 0 Å². The molecule has 0 aliphatic heterocycles. The molecule has 0 bridgehead atoms. The second-order valence-electron chi connectivity index (χ2n) is 4.08. The standard InChI is InChI=1S/C13H25NO2/c1-4-9-14-10-7-5-6-8-11-16-13(15)12(2)3/h14H,2,4-11H2,1,3H3. The Kier molecular flexibility index (Phi) is 10.1. The predicted octanol–water partition coefficient (Wildman–Crippen LogP) is 2.67. The Bertz CT molecular complexity index is 202. The van der Waals surface area contributed by atoms with Gasteiger partial charge >= 0.3 is 5.97 Å². The zero-order valence-electron chi connectivity index (χ0n) is 10.7. The number of nitrogens with one attached hydrogen (secondary N) is 1. The van der Waals surface area contributed by atoms with Gasteiger partial charge in [-0.25, -0.2) is 4.79 Å². The van der Waals surface area contributed by atoms with Gasteiger partial charge in [0.05, 0.1) is 6.61 Å². The highest BCUT2D eigenvalue weighted by Crippen LogP contribution is 2.01. The Morgan fingerprint density at radius 3 is 2.50 bits per heavy atom. The number of hydrogen-bond acceptors (Lipinski definition) is 3. The molecule has 0 aromatic carbocycles. The molecule has 94 valence electrons. The van der Waals surface area contributed by atoms with Gasteiger partial charge in [0, 0.05) is 5.57 Å². The van der Waals surface area contributed by atoms with Crippen LogP contribution in [0.2, 0.25) is 0 Å². The first-order valence-electron chi connectivity index (χ1n) is 6.21. The van der Waals surface area contributed by atoms with E-state index in [-0.39, 0.29) is 5.97 Å². The van der Waals surface area contributed by atoms with Crippen molar-refractivity contribution in [1.29, 1.82) is 0 Å². The quantitative estimate of drug-likeness (QED) is 0.354. The van der Waals surface area contributed by atoms with Crippen LogP contribution < -0.4 is 5.32 Å². The van der Waals surface area contributed by atoms with Gasteiger partial charge in [0.1, 0.15) is 0 Å². The molecular weight excluding hydrogens is 202 g/mol. The van der Waals surface area contributed by atoms with Gasteiger partial charge < -0.3 is 10.1 Å². The molecule has 1 N–H and O–H groups in total. The normalized spacial score (nSPS) is 10.1. The van der Waals surface area contributed by atoms with E-state index in [0.717, 1.165) is 25.9 Å². The van der Waals surface area contributed by atoms with E-state index in [4.69, 9.17) is 4.74 Å². The van der Waals surface area contributed by atoms with Crippen LogP contribution in [-0.2, 0) is 9.53 Å². The summed E-state index contributed by atoms with van der Waals surface area (Å²) in [5.74, 6) is -0.274. The first-order valence-corrected chi connectivity index (χ1v) is 6.21. The summed E-state index contributed by atoms with van der Waals surface area (Å²) in [6, 6.07) is 0. The van der Waals surface area contributed by atoms with Gasteiger partial charge in [-0.3, -0.25) is 0 Å². The summed E-state index contributed by atoms with van der Waals surface area (Å²) in [5.41, 5.74) is 0.476. The Hall–Kier alpha value is -0.830. The molecule has 16 heavy (non-hydrogen) atoms. The van der Waals surface area contributed by atoms with Gasteiger partial charge in [0.15, 0.2) is 0 Å². The van der Waals surface area contributed by atoms with Crippen molar-refractivity contribution in [2.45, 2.75) is 46.0 Å². The molecular formula is C13H25NO2. The molecule has 0 aliphatic rings. The van der Waals surface area contributed by atoms with Gasteiger partial charge in [-0.05, 0) is 39.3 Å². The van der Waals surface area contributed by atoms with E-state index in [9.17, 15) is 4.79 Å². The molecule has 0 radical (unpaired) electrons.